The zero-order valence-electron chi connectivity index (χ0n) is 15.3. The normalized spacial score (nSPS) is 10.6. The average molecular weight is 375 g/mol. The summed E-state index contributed by atoms with van der Waals surface area (Å²) in [5.41, 5.74) is 7.26. The molecule has 7 nitrogen and oxygen atoms in total. The standard InChI is InChI=1S/C18H25N5O2S/c1-4-6-11-23-15(19)14(16(24)21-17(23)25)22(5-2)18(26)20-13-9-7-12(3)8-10-13/h7-10H,4-6,11,19H2,1-3H3,(H,20,26)(H,21,24,25). The van der Waals surface area contributed by atoms with Gasteiger partial charge in [0.15, 0.2) is 10.8 Å². The molecule has 8 heteroatoms. The molecule has 0 aliphatic rings. The van der Waals surface area contributed by atoms with Crippen molar-refractivity contribution >= 4 is 34.5 Å². The minimum Gasteiger partial charge on any atom is -0.383 e. The maximum Gasteiger partial charge on any atom is 0.330 e. The molecule has 1 aromatic carbocycles. The molecule has 0 saturated heterocycles. The van der Waals surface area contributed by atoms with Crippen molar-refractivity contribution in [3.05, 3.63) is 50.7 Å². The zero-order chi connectivity index (χ0) is 19.3. The molecule has 1 aromatic heterocycles. The van der Waals surface area contributed by atoms with E-state index < -0.39 is 11.2 Å². The molecule has 0 bridgehead atoms. The molecule has 0 aliphatic heterocycles. The first-order chi connectivity index (χ1) is 12.4. The lowest BCUT2D eigenvalue weighted by atomic mass is 10.2. The van der Waals surface area contributed by atoms with E-state index in [9.17, 15) is 9.59 Å². The molecule has 0 radical (unpaired) electrons. The van der Waals surface area contributed by atoms with Crippen LogP contribution < -0.4 is 27.2 Å². The number of aryl methyl sites for hydroxylation is 1. The summed E-state index contributed by atoms with van der Waals surface area (Å²) in [5, 5.41) is 3.45. The number of benzene rings is 1. The Hall–Kier alpha value is -2.61. The van der Waals surface area contributed by atoms with Gasteiger partial charge in [-0.05, 0) is 44.6 Å². The van der Waals surface area contributed by atoms with Crippen LogP contribution in [0.5, 0.6) is 0 Å². The van der Waals surface area contributed by atoms with Crippen molar-refractivity contribution in [3.63, 3.8) is 0 Å². The summed E-state index contributed by atoms with van der Waals surface area (Å²) in [6.45, 7) is 6.76. The lowest BCUT2D eigenvalue weighted by Gasteiger charge is -2.25. The minimum absolute atomic E-state index is 0.127. The second-order valence-electron chi connectivity index (χ2n) is 6.04. The Morgan fingerprint density at radius 1 is 1.27 bits per heavy atom. The van der Waals surface area contributed by atoms with Crippen LogP contribution >= 0.6 is 12.2 Å². The first kappa shape index (κ1) is 19.7. The molecule has 1 heterocycles. The molecule has 2 aromatic rings. The van der Waals surface area contributed by atoms with Crippen LogP contribution in [-0.2, 0) is 6.54 Å². The van der Waals surface area contributed by atoms with Gasteiger partial charge in [-0.15, -0.1) is 0 Å². The van der Waals surface area contributed by atoms with Crippen LogP contribution in [0.3, 0.4) is 0 Å². The third-order valence-electron chi connectivity index (χ3n) is 4.08. The van der Waals surface area contributed by atoms with Gasteiger partial charge >= 0.3 is 5.69 Å². The Bertz CT molecular complexity index is 886. The third-order valence-corrected chi connectivity index (χ3v) is 4.41. The summed E-state index contributed by atoms with van der Waals surface area (Å²) in [4.78, 5) is 28.4. The van der Waals surface area contributed by atoms with Gasteiger partial charge in [-0.25, -0.2) is 4.79 Å². The lowest BCUT2D eigenvalue weighted by Crippen LogP contribution is -2.42. The Morgan fingerprint density at radius 3 is 2.50 bits per heavy atom. The molecule has 4 N–H and O–H groups in total. The molecule has 0 atom stereocenters. The summed E-state index contributed by atoms with van der Waals surface area (Å²) in [6.07, 6.45) is 1.69. The van der Waals surface area contributed by atoms with Crippen LogP contribution in [0.4, 0.5) is 17.2 Å². The van der Waals surface area contributed by atoms with Crippen LogP contribution in [0.2, 0.25) is 0 Å². The van der Waals surface area contributed by atoms with Crippen molar-refractivity contribution in [1.29, 1.82) is 0 Å². The van der Waals surface area contributed by atoms with Gasteiger partial charge in [0.05, 0.1) is 0 Å². The summed E-state index contributed by atoms with van der Waals surface area (Å²) in [5.74, 6) is 0.127. The number of unbranched alkanes of at least 4 members (excludes halogenated alkanes) is 1. The number of thiocarbonyl (C=S) groups is 1. The molecular formula is C18H25N5O2S. The molecule has 0 saturated carbocycles. The smallest absolute Gasteiger partial charge is 0.330 e. The summed E-state index contributed by atoms with van der Waals surface area (Å²) in [7, 11) is 0. The van der Waals surface area contributed by atoms with Gasteiger partial charge in [0, 0.05) is 18.8 Å². The number of aromatic amines is 1. The van der Waals surface area contributed by atoms with Crippen molar-refractivity contribution in [2.75, 3.05) is 22.5 Å². The van der Waals surface area contributed by atoms with Crippen molar-refractivity contribution in [1.82, 2.24) is 9.55 Å². The summed E-state index contributed by atoms with van der Waals surface area (Å²) in [6, 6.07) is 7.75. The third kappa shape index (κ3) is 4.32. The van der Waals surface area contributed by atoms with Crippen LogP contribution in [0.15, 0.2) is 33.9 Å². The number of hydrogen-bond donors (Lipinski definition) is 3. The van der Waals surface area contributed by atoms with Gasteiger partial charge in [-0.1, -0.05) is 31.0 Å². The fourth-order valence-corrected chi connectivity index (χ4v) is 2.95. The van der Waals surface area contributed by atoms with E-state index in [-0.39, 0.29) is 11.5 Å². The van der Waals surface area contributed by atoms with Crippen molar-refractivity contribution in [2.24, 2.45) is 0 Å². The van der Waals surface area contributed by atoms with Gasteiger partial charge in [0.25, 0.3) is 5.56 Å². The minimum atomic E-state index is -0.546. The van der Waals surface area contributed by atoms with Crippen LogP contribution in [0.25, 0.3) is 0 Å². The second-order valence-corrected chi connectivity index (χ2v) is 6.43. The largest absolute Gasteiger partial charge is 0.383 e. The van der Waals surface area contributed by atoms with E-state index in [1.807, 2.05) is 45.0 Å². The maximum absolute atomic E-state index is 12.4. The number of aromatic nitrogens is 2. The number of nitrogens with zero attached hydrogens (tertiary/aromatic N) is 2. The number of anilines is 3. The molecule has 0 amide bonds. The van der Waals surface area contributed by atoms with Crippen LogP contribution in [-0.4, -0.2) is 21.2 Å². The fourth-order valence-electron chi connectivity index (χ4n) is 2.61. The highest BCUT2D eigenvalue weighted by Gasteiger charge is 2.20. The monoisotopic (exact) mass is 375 g/mol. The number of hydrogen-bond acceptors (Lipinski definition) is 4. The van der Waals surface area contributed by atoms with E-state index in [0.717, 1.165) is 24.1 Å². The number of nitrogen functional groups attached to an aromatic ring is 1. The van der Waals surface area contributed by atoms with E-state index in [4.69, 9.17) is 18.0 Å². The number of H-pyrrole nitrogens is 1. The van der Waals surface area contributed by atoms with Gasteiger partial charge < -0.3 is 16.0 Å². The predicted octanol–water partition coefficient (Wildman–Crippen LogP) is 2.45. The average Bonchev–Trinajstić information content (AvgIpc) is 2.60. The highest BCUT2D eigenvalue weighted by atomic mass is 32.1. The molecule has 140 valence electrons. The molecule has 26 heavy (non-hydrogen) atoms. The lowest BCUT2D eigenvalue weighted by molar-refractivity contribution is 0.604. The highest BCUT2D eigenvalue weighted by Crippen LogP contribution is 2.19. The van der Waals surface area contributed by atoms with Crippen molar-refractivity contribution in [2.45, 2.75) is 40.2 Å². The Labute approximate surface area is 157 Å². The number of rotatable bonds is 6. The van der Waals surface area contributed by atoms with Gasteiger partial charge in [-0.3, -0.25) is 14.3 Å². The Morgan fingerprint density at radius 2 is 1.92 bits per heavy atom. The van der Waals surface area contributed by atoms with E-state index in [1.165, 1.54) is 4.57 Å². The fraction of sp³-hybridized carbons (Fsp3) is 0.389. The Kier molecular flexibility index (Phi) is 6.57. The number of nitrogens with two attached hydrogens (primary N) is 1. The highest BCUT2D eigenvalue weighted by molar-refractivity contribution is 7.80. The topological polar surface area (TPSA) is 96.2 Å². The molecule has 0 unspecified atom stereocenters. The molecule has 2 rings (SSSR count). The summed E-state index contributed by atoms with van der Waals surface area (Å²) >= 11 is 5.47. The maximum atomic E-state index is 12.4. The number of nitrogens with one attached hydrogen (secondary N) is 2. The van der Waals surface area contributed by atoms with E-state index >= 15 is 0 Å². The van der Waals surface area contributed by atoms with Crippen molar-refractivity contribution in [3.8, 4) is 0 Å². The first-order valence-electron chi connectivity index (χ1n) is 8.66. The quantitative estimate of drug-likeness (QED) is 0.671. The van der Waals surface area contributed by atoms with E-state index in [2.05, 4.69) is 10.3 Å². The molecule has 0 aliphatic carbocycles. The summed E-state index contributed by atoms with van der Waals surface area (Å²) < 4.78 is 1.39. The van der Waals surface area contributed by atoms with Gasteiger partial charge in [0.1, 0.15) is 5.82 Å². The molecule has 0 fully saturated rings. The predicted molar refractivity (Wildman–Crippen MR) is 111 cm³/mol. The molecular weight excluding hydrogens is 350 g/mol. The van der Waals surface area contributed by atoms with Gasteiger partial charge in [0.2, 0.25) is 0 Å². The Balaban J connectivity index is 2.39. The van der Waals surface area contributed by atoms with Gasteiger partial charge in [-0.2, -0.15) is 0 Å². The first-order valence-corrected chi connectivity index (χ1v) is 9.07. The van der Waals surface area contributed by atoms with Crippen molar-refractivity contribution < 1.29 is 0 Å². The van der Waals surface area contributed by atoms with E-state index in [1.54, 1.807) is 4.90 Å². The second kappa shape index (κ2) is 8.66. The zero-order valence-corrected chi connectivity index (χ0v) is 16.2. The molecule has 0 spiro atoms. The SMILES string of the molecule is CCCCn1c(N)c(N(CC)C(=S)Nc2ccc(C)cc2)c(=O)[nH]c1=O. The van der Waals surface area contributed by atoms with Crippen LogP contribution in [0.1, 0.15) is 32.3 Å². The van der Waals surface area contributed by atoms with E-state index in [0.29, 0.717) is 18.2 Å². The van der Waals surface area contributed by atoms with Crippen LogP contribution in [0, 0.1) is 6.92 Å².